The van der Waals surface area contributed by atoms with Crippen LogP contribution in [0.1, 0.15) is 10.4 Å². The predicted octanol–water partition coefficient (Wildman–Crippen LogP) is 2.63. The summed E-state index contributed by atoms with van der Waals surface area (Å²) in [5.74, 6) is -0.158. The zero-order valence-corrected chi connectivity index (χ0v) is 15.9. The van der Waals surface area contributed by atoms with Crippen molar-refractivity contribution in [2.75, 3.05) is 21.3 Å². The molecule has 1 amide bonds. The minimum Gasteiger partial charge on any atom is -0.493 e. The molecule has 0 aliphatic carbocycles. The van der Waals surface area contributed by atoms with Crippen LogP contribution >= 0.6 is 11.3 Å². The molecule has 0 unspecified atom stereocenters. The summed E-state index contributed by atoms with van der Waals surface area (Å²) in [7, 11) is 4.28. The van der Waals surface area contributed by atoms with Crippen molar-refractivity contribution >= 4 is 33.4 Å². The first-order valence-electron chi connectivity index (χ1n) is 8.04. The maximum Gasteiger partial charge on any atom is 0.325 e. The highest BCUT2D eigenvalue weighted by atomic mass is 32.1. The predicted molar refractivity (Wildman–Crippen MR) is 101 cm³/mol. The molecule has 0 radical (unpaired) electrons. The number of fused-ring (bicyclic) bond motifs is 1. The van der Waals surface area contributed by atoms with E-state index in [-0.39, 0.29) is 12.1 Å². The van der Waals surface area contributed by atoms with Crippen molar-refractivity contribution in [2.24, 2.45) is 4.99 Å². The van der Waals surface area contributed by atoms with Crippen LogP contribution in [0.4, 0.5) is 0 Å². The van der Waals surface area contributed by atoms with Gasteiger partial charge >= 0.3 is 5.97 Å². The molecule has 0 aliphatic heterocycles. The number of hydrogen-bond donors (Lipinski definition) is 0. The zero-order valence-electron chi connectivity index (χ0n) is 15.1. The minimum absolute atomic E-state index is 0.0398. The molecule has 0 spiro atoms. The van der Waals surface area contributed by atoms with E-state index in [1.54, 1.807) is 22.8 Å². The van der Waals surface area contributed by atoms with Crippen molar-refractivity contribution in [2.45, 2.75) is 6.54 Å². The summed E-state index contributed by atoms with van der Waals surface area (Å²) in [6.45, 7) is -0.0398. The number of thiazole rings is 1. The zero-order chi connectivity index (χ0) is 19.4. The highest BCUT2D eigenvalue weighted by molar-refractivity contribution is 7.16. The van der Waals surface area contributed by atoms with Gasteiger partial charge in [0.15, 0.2) is 16.3 Å². The van der Waals surface area contributed by atoms with E-state index < -0.39 is 11.9 Å². The van der Waals surface area contributed by atoms with Crippen LogP contribution in [0, 0.1) is 0 Å². The molecule has 7 nitrogen and oxygen atoms in total. The molecule has 0 saturated heterocycles. The van der Waals surface area contributed by atoms with E-state index in [2.05, 4.69) is 4.99 Å². The van der Waals surface area contributed by atoms with Crippen molar-refractivity contribution in [3.63, 3.8) is 0 Å². The number of benzene rings is 2. The maximum atomic E-state index is 12.8. The maximum absolute atomic E-state index is 12.8. The normalized spacial score (nSPS) is 11.4. The van der Waals surface area contributed by atoms with E-state index in [0.29, 0.717) is 16.3 Å². The van der Waals surface area contributed by atoms with Gasteiger partial charge in [0.05, 0.1) is 37.1 Å². The van der Waals surface area contributed by atoms with E-state index >= 15 is 0 Å². The van der Waals surface area contributed by atoms with Crippen molar-refractivity contribution in [1.29, 1.82) is 0 Å². The van der Waals surface area contributed by atoms with E-state index in [4.69, 9.17) is 14.2 Å². The van der Waals surface area contributed by atoms with Gasteiger partial charge in [-0.15, -0.1) is 0 Å². The van der Waals surface area contributed by atoms with Gasteiger partial charge in [-0.2, -0.15) is 4.99 Å². The van der Waals surface area contributed by atoms with E-state index in [0.717, 1.165) is 10.2 Å². The first-order valence-corrected chi connectivity index (χ1v) is 8.86. The van der Waals surface area contributed by atoms with Gasteiger partial charge in [0.2, 0.25) is 0 Å². The average molecular weight is 386 g/mol. The van der Waals surface area contributed by atoms with Gasteiger partial charge in [-0.25, -0.2) is 0 Å². The molecular weight excluding hydrogens is 368 g/mol. The van der Waals surface area contributed by atoms with Gasteiger partial charge in [-0.1, -0.05) is 29.5 Å². The molecule has 0 atom stereocenters. The fraction of sp³-hybridized carbons (Fsp3) is 0.211. The highest BCUT2D eigenvalue weighted by Crippen LogP contribution is 2.31. The van der Waals surface area contributed by atoms with Crippen LogP contribution in [0.2, 0.25) is 0 Å². The molecule has 0 fully saturated rings. The Kier molecular flexibility index (Phi) is 5.56. The minimum atomic E-state index is -0.490. The van der Waals surface area contributed by atoms with Gasteiger partial charge < -0.3 is 18.8 Å². The lowest BCUT2D eigenvalue weighted by atomic mass is 10.2. The Hall–Kier alpha value is -3.13. The molecule has 0 bridgehead atoms. The topological polar surface area (TPSA) is 79.1 Å². The standard InChI is InChI=1S/C19H18N2O5S/c1-24-14-9-6-7-12(17(14)26-3)18(23)20-19-21(11-16(22)25-2)13-8-4-5-10-15(13)27-19/h4-10H,11H2,1-3H3. The number of amides is 1. The van der Waals surface area contributed by atoms with Crippen LogP contribution in [0.25, 0.3) is 10.2 Å². The summed E-state index contributed by atoms with van der Waals surface area (Å²) >= 11 is 1.32. The fourth-order valence-corrected chi connectivity index (χ4v) is 3.68. The van der Waals surface area contributed by atoms with Crippen LogP contribution < -0.4 is 14.3 Å². The molecule has 1 heterocycles. The third-order valence-electron chi connectivity index (χ3n) is 3.93. The summed E-state index contributed by atoms with van der Waals surface area (Å²) in [6, 6.07) is 12.5. The third-order valence-corrected chi connectivity index (χ3v) is 4.99. The Morgan fingerprint density at radius 3 is 2.52 bits per heavy atom. The smallest absolute Gasteiger partial charge is 0.325 e. The first kappa shape index (κ1) is 18.7. The lowest BCUT2D eigenvalue weighted by Gasteiger charge is -2.10. The summed E-state index contributed by atoms with van der Waals surface area (Å²) in [5.41, 5.74) is 1.08. The number of nitrogens with zero attached hydrogens (tertiary/aromatic N) is 2. The fourth-order valence-electron chi connectivity index (χ4n) is 2.66. The van der Waals surface area contributed by atoms with Gasteiger partial charge in [0.1, 0.15) is 6.54 Å². The summed E-state index contributed by atoms with van der Waals surface area (Å²) in [4.78, 5) is 29.3. The number of carbonyl (C=O) groups is 2. The van der Waals surface area contributed by atoms with Crippen molar-refractivity contribution in [3.8, 4) is 11.5 Å². The highest BCUT2D eigenvalue weighted by Gasteiger charge is 2.17. The quantitative estimate of drug-likeness (QED) is 0.630. The van der Waals surface area contributed by atoms with E-state index in [1.807, 2.05) is 24.3 Å². The van der Waals surface area contributed by atoms with Crippen LogP contribution in [0.3, 0.4) is 0 Å². The Labute approximate surface area is 159 Å². The van der Waals surface area contributed by atoms with E-state index in [1.165, 1.54) is 32.7 Å². The second kappa shape index (κ2) is 8.05. The van der Waals surface area contributed by atoms with Crippen molar-refractivity contribution in [3.05, 3.63) is 52.8 Å². The molecule has 1 aromatic heterocycles. The largest absolute Gasteiger partial charge is 0.493 e. The average Bonchev–Trinajstić information content (AvgIpc) is 3.03. The Morgan fingerprint density at radius 1 is 1.04 bits per heavy atom. The van der Waals surface area contributed by atoms with Crippen LogP contribution in [-0.4, -0.2) is 37.8 Å². The van der Waals surface area contributed by atoms with Crippen molar-refractivity contribution < 1.29 is 23.8 Å². The van der Waals surface area contributed by atoms with Crippen molar-refractivity contribution in [1.82, 2.24) is 4.57 Å². The number of methoxy groups -OCH3 is 3. The molecule has 3 aromatic rings. The lowest BCUT2D eigenvalue weighted by Crippen LogP contribution is -2.22. The Balaban J connectivity index is 2.15. The van der Waals surface area contributed by atoms with E-state index in [9.17, 15) is 9.59 Å². The number of carbonyl (C=O) groups excluding carboxylic acids is 2. The van der Waals surface area contributed by atoms with Crippen LogP contribution in [-0.2, 0) is 16.1 Å². The molecule has 0 aliphatic rings. The first-order chi connectivity index (χ1) is 13.1. The molecule has 140 valence electrons. The molecule has 0 saturated carbocycles. The van der Waals surface area contributed by atoms with Crippen LogP contribution in [0.15, 0.2) is 47.5 Å². The van der Waals surface area contributed by atoms with Gasteiger partial charge in [0, 0.05) is 0 Å². The molecule has 27 heavy (non-hydrogen) atoms. The Morgan fingerprint density at radius 2 is 1.81 bits per heavy atom. The number of esters is 1. The lowest BCUT2D eigenvalue weighted by molar-refractivity contribution is -0.141. The SMILES string of the molecule is COC(=O)Cn1c(=NC(=O)c2cccc(OC)c2OC)sc2ccccc21. The van der Waals surface area contributed by atoms with Gasteiger partial charge in [0.25, 0.3) is 5.91 Å². The number of hydrogen-bond acceptors (Lipinski definition) is 6. The molecule has 3 rings (SSSR count). The van der Waals surface area contributed by atoms with Gasteiger partial charge in [-0.3, -0.25) is 9.59 Å². The molecule has 2 aromatic carbocycles. The molecule has 8 heteroatoms. The Bertz CT molecular complexity index is 1070. The monoisotopic (exact) mass is 386 g/mol. The molecular formula is C19H18N2O5S. The number of para-hydroxylation sites is 2. The summed E-state index contributed by atoms with van der Waals surface area (Å²) in [6.07, 6.45) is 0. The number of ether oxygens (including phenoxy) is 3. The van der Waals surface area contributed by atoms with Crippen LogP contribution in [0.5, 0.6) is 11.5 Å². The number of rotatable bonds is 5. The third kappa shape index (κ3) is 3.70. The second-order valence-electron chi connectivity index (χ2n) is 5.47. The van der Waals surface area contributed by atoms with Gasteiger partial charge in [-0.05, 0) is 24.3 Å². The second-order valence-corrected chi connectivity index (χ2v) is 6.48. The summed E-state index contributed by atoms with van der Waals surface area (Å²) in [5, 5.41) is 0. The summed E-state index contributed by atoms with van der Waals surface area (Å²) < 4.78 is 17.9. The number of aromatic nitrogens is 1. The molecule has 0 N–H and O–H groups in total.